The number of hydrogen-bond acceptors (Lipinski definition) is 5. The number of thioether (sulfide) groups is 1. The highest BCUT2D eigenvalue weighted by molar-refractivity contribution is 8.00. The van der Waals surface area contributed by atoms with Gasteiger partial charge in [0.05, 0.1) is 22.0 Å². The largest absolute Gasteiger partial charge is 0.416 e. The number of anilines is 2. The van der Waals surface area contributed by atoms with Crippen LogP contribution in [0.2, 0.25) is 5.02 Å². The van der Waals surface area contributed by atoms with Gasteiger partial charge in [0.15, 0.2) is 0 Å². The van der Waals surface area contributed by atoms with E-state index in [9.17, 15) is 27.6 Å². The van der Waals surface area contributed by atoms with Crippen molar-refractivity contribution in [3.63, 3.8) is 0 Å². The molecule has 0 spiro atoms. The lowest BCUT2D eigenvalue weighted by atomic mass is 10.2. The summed E-state index contributed by atoms with van der Waals surface area (Å²) in [5.74, 6) is -1.67. The molecule has 0 unspecified atom stereocenters. The molecule has 4 rings (SSSR count). The van der Waals surface area contributed by atoms with E-state index in [0.717, 1.165) is 30.0 Å². The zero-order chi connectivity index (χ0) is 30.1. The Morgan fingerprint density at radius 1 is 0.905 bits per heavy atom. The Balaban J connectivity index is 1.38. The predicted octanol–water partition coefficient (Wildman–Crippen LogP) is 6.89. The van der Waals surface area contributed by atoms with E-state index in [1.165, 1.54) is 6.08 Å². The second-order valence-electron chi connectivity index (χ2n) is 8.67. The molecule has 4 aromatic rings. The van der Waals surface area contributed by atoms with Gasteiger partial charge in [-0.05, 0) is 72.3 Å². The average Bonchev–Trinajstić information content (AvgIpc) is 2.98. The second kappa shape index (κ2) is 13.8. The van der Waals surface area contributed by atoms with Gasteiger partial charge in [-0.3, -0.25) is 19.4 Å². The van der Waals surface area contributed by atoms with Crippen molar-refractivity contribution in [2.45, 2.75) is 11.1 Å². The molecule has 0 bridgehead atoms. The van der Waals surface area contributed by atoms with E-state index < -0.39 is 29.5 Å². The first-order chi connectivity index (χ1) is 20.1. The highest BCUT2D eigenvalue weighted by atomic mass is 35.5. The molecule has 214 valence electrons. The van der Waals surface area contributed by atoms with E-state index >= 15 is 0 Å². The van der Waals surface area contributed by atoms with Gasteiger partial charge in [0.25, 0.3) is 11.8 Å². The van der Waals surface area contributed by atoms with Gasteiger partial charge in [0.1, 0.15) is 5.70 Å². The van der Waals surface area contributed by atoms with Crippen molar-refractivity contribution in [1.29, 1.82) is 0 Å². The number of alkyl halides is 3. The lowest BCUT2D eigenvalue weighted by Crippen LogP contribution is -2.30. The number of rotatable bonds is 9. The molecule has 42 heavy (non-hydrogen) atoms. The van der Waals surface area contributed by atoms with Gasteiger partial charge in [-0.1, -0.05) is 35.9 Å². The summed E-state index contributed by atoms with van der Waals surface area (Å²) in [5, 5.41) is 7.75. The van der Waals surface area contributed by atoms with Gasteiger partial charge in [0, 0.05) is 28.5 Å². The number of carbonyl (C=O) groups is 3. The minimum Gasteiger partial charge on any atom is -0.324 e. The lowest BCUT2D eigenvalue weighted by molar-refractivity contribution is -0.137. The Morgan fingerprint density at radius 3 is 2.31 bits per heavy atom. The van der Waals surface area contributed by atoms with Crippen LogP contribution in [-0.4, -0.2) is 28.5 Å². The maximum atomic E-state index is 13.1. The van der Waals surface area contributed by atoms with Crippen LogP contribution in [0.25, 0.3) is 6.08 Å². The number of nitrogens with one attached hydrogen (secondary N) is 3. The first-order valence-corrected chi connectivity index (χ1v) is 13.6. The number of carbonyl (C=O) groups excluding carboxylic acids is 3. The summed E-state index contributed by atoms with van der Waals surface area (Å²) >= 11 is 7.08. The van der Waals surface area contributed by atoms with Crippen LogP contribution in [0.1, 0.15) is 21.5 Å². The number of halogens is 4. The zero-order valence-electron chi connectivity index (χ0n) is 21.6. The van der Waals surface area contributed by atoms with Crippen LogP contribution in [0.15, 0.2) is 108 Å². The predicted molar refractivity (Wildman–Crippen MR) is 157 cm³/mol. The normalized spacial score (nSPS) is 11.5. The van der Waals surface area contributed by atoms with Gasteiger partial charge in [-0.25, -0.2) is 0 Å². The van der Waals surface area contributed by atoms with E-state index in [1.807, 2.05) is 0 Å². The van der Waals surface area contributed by atoms with Gasteiger partial charge < -0.3 is 16.0 Å². The SMILES string of the molecule is O=C(CSc1ccc(NC(=O)/C(=C/c2cccnc2)NC(=O)c2ccccc2)cc1)Nc1cc(C(F)(F)F)ccc1Cl. The minimum atomic E-state index is -4.57. The van der Waals surface area contributed by atoms with Gasteiger partial charge in [-0.2, -0.15) is 13.2 Å². The Bertz CT molecular complexity index is 1600. The Labute approximate surface area is 248 Å². The number of aromatic nitrogens is 1. The van der Waals surface area contributed by atoms with Gasteiger partial charge in [-0.15, -0.1) is 11.8 Å². The van der Waals surface area contributed by atoms with Crippen LogP contribution >= 0.6 is 23.4 Å². The van der Waals surface area contributed by atoms with Crippen molar-refractivity contribution >= 4 is 58.5 Å². The van der Waals surface area contributed by atoms with Crippen LogP contribution in [0.5, 0.6) is 0 Å². The molecule has 0 radical (unpaired) electrons. The fourth-order valence-electron chi connectivity index (χ4n) is 3.54. The summed E-state index contributed by atoms with van der Waals surface area (Å²) in [6.45, 7) is 0. The van der Waals surface area contributed by atoms with Crippen LogP contribution in [0.3, 0.4) is 0 Å². The molecule has 0 fully saturated rings. The summed E-state index contributed by atoms with van der Waals surface area (Å²) < 4.78 is 38.9. The molecule has 0 aliphatic rings. The monoisotopic (exact) mass is 610 g/mol. The van der Waals surface area contributed by atoms with Crippen molar-refractivity contribution in [2.24, 2.45) is 0 Å². The molecule has 12 heteroatoms. The van der Waals surface area contributed by atoms with Crippen molar-refractivity contribution in [2.75, 3.05) is 16.4 Å². The summed E-state index contributed by atoms with van der Waals surface area (Å²) in [6, 6.07) is 21.1. The van der Waals surface area contributed by atoms with Crippen LogP contribution in [-0.2, 0) is 15.8 Å². The standard InChI is InChI=1S/C30H22ClF3N4O3S/c31-24-13-8-21(30(32,33)34)16-25(24)37-27(39)18-42-23-11-9-22(10-12-23)36-29(41)26(15-19-5-4-14-35-17-19)38-28(40)20-6-2-1-3-7-20/h1-17H,18H2,(H,36,41)(H,37,39)(H,38,40)/b26-15-. The van der Waals surface area contributed by atoms with Crippen LogP contribution < -0.4 is 16.0 Å². The third kappa shape index (κ3) is 8.69. The molecule has 0 aliphatic heterocycles. The molecule has 0 atom stereocenters. The molecule has 0 saturated carbocycles. The van der Waals surface area contributed by atoms with E-state index in [4.69, 9.17) is 11.6 Å². The number of pyridine rings is 1. The summed E-state index contributed by atoms with van der Waals surface area (Å²) in [5.41, 5.74) is 0.349. The van der Waals surface area contributed by atoms with Crippen LogP contribution in [0.4, 0.5) is 24.5 Å². The van der Waals surface area contributed by atoms with Crippen molar-refractivity contribution in [3.8, 4) is 0 Å². The topological polar surface area (TPSA) is 100 Å². The van der Waals surface area contributed by atoms with E-state index in [1.54, 1.807) is 79.1 Å². The smallest absolute Gasteiger partial charge is 0.324 e. The van der Waals surface area contributed by atoms with E-state index in [-0.39, 0.29) is 22.2 Å². The van der Waals surface area contributed by atoms with Crippen molar-refractivity contribution in [3.05, 3.63) is 125 Å². The third-order valence-electron chi connectivity index (χ3n) is 5.57. The van der Waals surface area contributed by atoms with E-state index in [0.29, 0.717) is 21.7 Å². The maximum Gasteiger partial charge on any atom is 0.416 e. The summed E-state index contributed by atoms with van der Waals surface area (Å²) in [4.78, 5) is 42.9. The van der Waals surface area contributed by atoms with E-state index in [2.05, 4.69) is 20.9 Å². The molecule has 1 aromatic heterocycles. The van der Waals surface area contributed by atoms with Crippen LogP contribution in [0, 0.1) is 0 Å². The number of benzene rings is 3. The lowest BCUT2D eigenvalue weighted by Gasteiger charge is -2.12. The highest BCUT2D eigenvalue weighted by Crippen LogP contribution is 2.34. The second-order valence-corrected chi connectivity index (χ2v) is 10.1. The number of amides is 3. The minimum absolute atomic E-state index is 0.000212. The summed E-state index contributed by atoms with van der Waals surface area (Å²) in [6.07, 6.45) is 0.0653. The molecule has 3 amide bonds. The molecule has 0 aliphatic carbocycles. The van der Waals surface area contributed by atoms with Gasteiger partial charge in [0.2, 0.25) is 5.91 Å². The molecular formula is C30H22ClF3N4O3S. The maximum absolute atomic E-state index is 13.1. The fourth-order valence-corrected chi connectivity index (χ4v) is 4.40. The highest BCUT2D eigenvalue weighted by Gasteiger charge is 2.31. The number of nitrogens with zero attached hydrogens (tertiary/aromatic N) is 1. The molecule has 1 heterocycles. The number of hydrogen-bond donors (Lipinski definition) is 3. The van der Waals surface area contributed by atoms with Crippen molar-refractivity contribution in [1.82, 2.24) is 10.3 Å². The molecule has 0 saturated heterocycles. The summed E-state index contributed by atoms with van der Waals surface area (Å²) in [7, 11) is 0. The molecular weight excluding hydrogens is 589 g/mol. The molecule has 3 N–H and O–H groups in total. The molecule has 7 nitrogen and oxygen atoms in total. The molecule has 3 aromatic carbocycles. The fraction of sp³-hybridized carbons (Fsp3) is 0.0667. The third-order valence-corrected chi connectivity index (χ3v) is 6.92. The first kappa shape index (κ1) is 30.4. The Hall–Kier alpha value is -4.61. The zero-order valence-corrected chi connectivity index (χ0v) is 23.2. The first-order valence-electron chi connectivity index (χ1n) is 12.3. The van der Waals surface area contributed by atoms with Gasteiger partial charge >= 0.3 is 6.18 Å². The Morgan fingerprint density at radius 2 is 1.64 bits per heavy atom. The average molecular weight is 611 g/mol. The Kier molecular flexibility index (Phi) is 10.00. The van der Waals surface area contributed by atoms with Crippen molar-refractivity contribution < 1.29 is 27.6 Å². The quantitative estimate of drug-likeness (QED) is 0.141.